The second-order valence-corrected chi connectivity index (χ2v) is 5.90. The number of nitrogens with zero attached hydrogens (tertiary/aromatic N) is 3. The van der Waals surface area contributed by atoms with Crippen molar-refractivity contribution in [1.82, 2.24) is 14.7 Å². The van der Waals surface area contributed by atoms with Gasteiger partial charge in [-0.2, -0.15) is 5.10 Å². The summed E-state index contributed by atoms with van der Waals surface area (Å²) in [5.41, 5.74) is 7.50. The quantitative estimate of drug-likeness (QED) is 0.887. The van der Waals surface area contributed by atoms with Crippen LogP contribution in [0.4, 0.5) is 0 Å². The highest BCUT2D eigenvalue weighted by molar-refractivity contribution is 5.14. The second-order valence-electron chi connectivity index (χ2n) is 5.90. The number of nitrogens with two attached hydrogens (primary N) is 1. The molecule has 1 aromatic heterocycles. The number of morpholine rings is 1. The predicted octanol–water partition coefficient (Wildman–Crippen LogP) is 1.06. The molecule has 19 heavy (non-hydrogen) atoms. The summed E-state index contributed by atoms with van der Waals surface area (Å²) in [6.45, 7) is 3.89. The molecule has 0 radical (unpaired) electrons. The Morgan fingerprint density at radius 1 is 1.47 bits per heavy atom. The lowest BCUT2D eigenvalue weighted by atomic mass is 9.98. The van der Waals surface area contributed by atoms with E-state index in [0.717, 1.165) is 13.2 Å². The van der Waals surface area contributed by atoms with Crippen LogP contribution in [0.1, 0.15) is 37.8 Å². The lowest BCUT2D eigenvalue weighted by Gasteiger charge is -2.43. The average Bonchev–Trinajstić information content (AvgIpc) is 2.98. The number of hydrogen-bond acceptors (Lipinski definition) is 4. The van der Waals surface area contributed by atoms with E-state index in [4.69, 9.17) is 10.5 Å². The average molecular weight is 264 g/mol. The minimum absolute atomic E-state index is 0.101. The molecule has 2 fully saturated rings. The Morgan fingerprint density at radius 2 is 2.32 bits per heavy atom. The maximum Gasteiger partial charge on any atom is 0.0731 e. The Bertz CT molecular complexity index is 431. The van der Waals surface area contributed by atoms with E-state index in [1.165, 1.54) is 24.8 Å². The molecular weight excluding hydrogens is 240 g/mol. The van der Waals surface area contributed by atoms with Gasteiger partial charge in [0.25, 0.3) is 0 Å². The van der Waals surface area contributed by atoms with E-state index in [-0.39, 0.29) is 12.1 Å². The molecule has 1 aromatic rings. The highest BCUT2D eigenvalue weighted by Crippen LogP contribution is 2.36. The maximum absolute atomic E-state index is 6.27. The van der Waals surface area contributed by atoms with Gasteiger partial charge in [0.05, 0.1) is 24.9 Å². The van der Waals surface area contributed by atoms with E-state index in [0.29, 0.717) is 12.1 Å². The summed E-state index contributed by atoms with van der Waals surface area (Å²) in [6.07, 6.45) is 8.14. The Kier molecular flexibility index (Phi) is 3.60. The standard InChI is InChI=1S/C14H24N4O/c1-10(15)14(11-8-16-17(2)9-11)18-6-7-19-13-5-3-4-12(13)18/h8-10,12-14H,3-7,15H2,1-2H3. The van der Waals surface area contributed by atoms with Gasteiger partial charge >= 0.3 is 0 Å². The van der Waals surface area contributed by atoms with Crippen LogP contribution in [0.3, 0.4) is 0 Å². The molecule has 2 heterocycles. The highest BCUT2D eigenvalue weighted by atomic mass is 16.5. The summed E-state index contributed by atoms with van der Waals surface area (Å²) in [4.78, 5) is 2.56. The third-order valence-electron chi connectivity index (χ3n) is 4.45. The molecule has 1 saturated heterocycles. The third kappa shape index (κ3) is 2.42. The minimum Gasteiger partial charge on any atom is -0.375 e. The first-order chi connectivity index (χ1) is 9.16. The van der Waals surface area contributed by atoms with Crippen LogP contribution in [0.25, 0.3) is 0 Å². The van der Waals surface area contributed by atoms with Crippen LogP contribution in [0.2, 0.25) is 0 Å². The zero-order chi connectivity index (χ0) is 13.4. The van der Waals surface area contributed by atoms with Gasteiger partial charge in [-0.1, -0.05) is 0 Å². The molecule has 1 saturated carbocycles. The van der Waals surface area contributed by atoms with Crippen molar-refractivity contribution in [3.8, 4) is 0 Å². The predicted molar refractivity (Wildman–Crippen MR) is 73.7 cm³/mol. The van der Waals surface area contributed by atoms with Gasteiger partial charge in [0.15, 0.2) is 0 Å². The molecule has 0 spiro atoms. The Balaban J connectivity index is 1.87. The number of hydrogen-bond donors (Lipinski definition) is 1. The largest absolute Gasteiger partial charge is 0.375 e. The molecule has 0 aromatic carbocycles. The summed E-state index contributed by atoms with van der Waals surface area (Å²) in [7, 11) is 1.96. The second kappa shape index (κ2) is 5.23. The number of aromatic nitrogens is 2. The molecule has 3 rings (SSSR count). The van der Waals surface area contributed by atoms with Crippen molar-refractivity contribution in [2.75, 3.05) is 13.2 Å². The van der Waals surface area contributed by atoms with E-state index in [1.54, 1.807) is 0 Å². The molecular formula is C14H24N4O. The molecule has 0 bridgehead atoms. The molecule has 4 atom stereocenters. The monoisotopic (exact) mass is 264 g/mol. The van der Waals surface area contributed by atoms with Crippen molar-refractivity contribution in [3.63, 3.8) is 0 Å². The van der Waals surface area contributed by atoms with Crippen LogP contribution in [-0.2, 0) is 11.8 Å². The first-order valence-corrected chi connectivity index (χ1v) is 7.28. The van der Waals surface area contributed by atoms with Crippen LogP contribution in [0, 0.1) is 0 Å². The lowest BCUT2D eigenvalue weighted by Crippen LogP contribution is -2.53. The molecule has 2 aliphatic rings. The number of fused-ring (bicyclic) bond motifs is 1. The Morgan fingerprint density at radius 3 is 3.00 bits per heavy atom. The van der Waals surface area contributed by atoms with E-state index in [2.05, 4.69) is 23.1 Å². The highest BCUT2D eigenvalue weighted by Gasteiger charge is 2.40. The zero-order valence-electron chi connectivity index (χ0n) is 11.8. The fraction of sp³-hybridized carbons (Fsp3) is 0.786. The van der Waals surface area contributed by atoms with Crippen molar-refractivity contribution in [1.29, 1.82) is 0 Å². The van der Waals surface area contributed by atoms with E-state index in [1.807, 2.05) is 17.9 Å². The number of aryl methyl sites for hydroxylation is 1. The Hall–Kier alpha value is -0.910. The fourth-order valence-electron chi connectivity index (χ4n) is 3.69. The van der Waals surface area contributed by atoms with Crippen LogP contribution in [-0.4, -0.2) is 46.0 Å². The van der Waals surface area contributed by atoms with Gasteiger partial charge in [0, 0.05) is 37.4 Å². The summed E-state index contributed by atoms with van der Waals surface area (Å²) in [5.74, 6) is 0. The molecule has 1 aliphatic carbocycles. The van der Waals surface area contributed by atoms with Gasteiger partial charge in [-0.15, -0.1) is 0 Å². The molecule has 5 heteroatoms. The summed E-state index contributed by atoms with van der Waals surface area (Å²) in [6, 6.07) is 0.886. The summed E-state index contributed by atoms with van der Waals surface area (Å²) in [5, 5.41) is 4.30. The van der Waals surface area contributed by atoms with Gasteiger partial charge < -0.3 is 10.5 Å². The first-order valence-electron chi connectivity index (χ1n) is 7.28. The van der Waals surface area contributed by atoms with Crippen molar-refractivity contribution in [3.05, 3.63) is 18.0 Å². The topological polar surface area (TPSA) is 56.3 Å². The number of rotatable bonds is 3. The smallest absolute Gasteiger partial charge is 0.0731 e. The fourth-order valence-corrected chi connectivity index (χ4v) is 3.69. The molecule has 5 nitrogen and oxygen atoms in total. The SMILES string of the molecule is CC(N)C(c1cnn(C)c1)N1CCOC2CCCC21. The van der Waals surface area contributed by atoms with Gasteiger partial charge in [0.2, 0.25) is 0 Å². The third-order valence-corrected chi connectivity index (χ3v) is 4.45. The van der Waals surface area contributed by atoms with Crippen molar-refractivity contribution >= 4 is 0 Å². The molecule has 106 valence electrons. The first kappa shape index (κ1) is 13.1. The van der Waals surface area contributed by atoms with E-state index >= 15 is 0 Å². The lowest BCUT2D eigenvalue weighted by molar-refractivity contribution is -0.0753. The van der Waals surface area contributed by atoms with Gasteiger partial charge in [-0.05, 0) is 26.2 Å². The Labute approximate surface area is 114 Å². The maximum atomic E-state index is 6.27. The van der Waals surface area contributed by atoms with E-state index in [9.17, 15) is 0 Å². The number of ether oxygens (including phenoxy) is 1. The van der Waals surface area contributed by atoms with Crippen molar-refractivity contribution in [2.24, 2.45) is 12.8 Å². The van der Waals surface area contributed by atoms with Gasteiger partial charge in [-0.25, -0.2) is 0 Å². The zero-order valence-corrected chi connectivity index (χ0v) is 11.8. The minimum atomic E-state index is 0.101. The van der Waals surface area contributed by atoms with Crippen LogP contribution < -0.4 is 5.73 Å². The summed E-state index contributed by atoms with van der Waals surface area (Å²) >= 11 is 0. The normalized spacial score (nSPS) is 31.1. The van der Waals surface area contributed by atoms with Gasteiger partial charge in [0.1, 0.15) is 0 Å². The summed E-state index contributed by atoms with van der Waals surface area (Å²) < 4.78 is 7.76. The van der Waals surface area contributed by atoms with Crippen LogP contribution in [0.5, 0.6) is 0 Å². The molecule has 2 N–H and O–H groups in total. The molecule has 0 amide bonds. The molecule has 1 aliphatic heterocycles. The van der Waals surface area contributed by atoms with Crippen LogP contribution >= 0.6 is 0 Å². The van der Waals surface area contributed by atoms with Crippen LogP contribution in [0.15, 0.2) is 12.4 Å². The van der Waals surface area contributed by atoms with E-state index < -0.39 is 0 Å². The van der Waals surface area contributed by atoms with Crippen molar-refractivity contribution in [2.45, 2.75) is 50.4 Å². The molecule has 4 unspecified atom stereocenters. The van der Waals surface area contributed by atoms with Gasteiger partial charge in [-0.3, -0.25) is 9.58 Å². The van der Waals surface area contributed by atoms with Crippen molar-refractivity contribution < 1.29 is 4.74 Å².